The number of urea groups is 1. The minimum absolute atomic E-state index is 0.113. The average Bonchev–Trinajstić information content (AvgIpc) is 2.48. The number of hydrogen-bond donors (Lipinski definition) is 2. The number of nitrogens with zero attached hydrogens (tertiary/aromatic N) is 2. The summed E-state index contributed by atoms with van der Waals surface area (Å²) in [5, 5.41) is 11.7. The summed E-state index contributed by atoms with van der Waals surface area (Å²) < 4.78 is 5.09. The molecule has 2 saturated heterocycles. The van der Waals surface area contributed by atoms with Crippen molar-refractivity contribution < 1.29 is 19.4 Å². The molecule has 0 aliphatic carbocycles. The Kier molecular flexibility index (Phi) is 5.93. The zero-order chi connectivity index (χ0) is 14.4. The molecule has 8 heteroatoms. The van der Waals surface area contributed by atoms with Gasteiger partial charge in [-0.2, -0.15) is 11.8 Å². The van der Waals surface area contributed by atoms with Gasteiger partial charge in [0.1, 0.15) is 0 Å². The molecular weight excluding hydrogens is 282 g/mol. The summed E-state index contributed by atoms with van der Waals surface area (Å²) in [6.45, 7) is 4.40. The van der Waals surface area contributed by atoms with E-state index in [1.165, 1.54) is 4.90 Å². The van der Waals surface area contributed by atoms with Gasteiger partial charge in [0.25, 0.3) is 0 Å². The first kappa shape index (κ1) is 15.4. The molecular formula is C12H21N3O4S. The minimum atomic E-state index is -1.02. The molecule has 0 saturated carbocycles. The van der Waals surface area contributed by atoms with Crippen LogP contribution in [0.1, 0.15) is 0 Å². The van der Waals surface area contributed by atoms with Gasteiger partial charge in [-0.15, -0.1) is 0 Å². The van der Waals surface area contributed by atoms with Crippen LogP contribution < -0.4 is 5.32 Å². The smallest absolute Gasteiger partial charge is 0.334 e. The number of amides is 2. The highest BCUT2D eigenvalue weighted by Gasteiger charge is 2.28. The van der Waals surface area contributed by atoms with E-state index in [1.807, 2.05) is 11.8 Å². The number of hydrogen-bond acceptors (Lipinski definition) is 5. The Bertz CT molecular complexity index is 350. The fraction of sp³-hybridized carbons (Fsp3) is 0.833. The minimum Gasteiger partial charge on any atom is -0.479 e. The highest BCUT2D eigenvalue weighted by molar-refractivity contribution is 7.99. The van der Waals surface area contributed by atoms with Crippen LogP contribution in [0.25, 0.3) is 0 Å². The summed E-state index contributed by atoms with van der Waals surface area (Å²) in [5.74, 6) is 1.28. The van der Waals surface area contributed by atoms with Gasteiger partial charge in [-0.25, -0.2) is 9.59 Å². The van der Waals surface area contributed by atoms with Crippen molar-refractivity contribution in [1.29, 1.82) is 0 Å². The predicted octanol–water partition coefficient (Wildman–Crippen LogP) is -0.470. The average molecular weight is 303 g/mol. The summed E-state index contributed by atoms with van der Waals surface area (Å²) >= 11 is 1.96. The molecule has 0 aromatic carbocycles. The number of rotatable bonds is 4. The van der Waals surface area contributed by atoms with Gasteiger partial charge in [-0.05, 0) is 0 Å². The Labute approximate surface area is 122 Å². The van der Waals surface area contributed by atoms with Crippen molar-refractivity contribution in [3.05, 3.63) is 0 Å². The maximum Gasteiger partial charge on any atom is 0.334 e. The number of carboxylic acids is 1. The van der Waals surface area contributed by atoms with E-state index < -0.39 is 12.1 Å². The molecule has 1 atom stereocenters. The first-order chi connectivity index (χ1) is 9.66. The standard InChI is InChI=1S/C12H21N3O4S/c16-11(17)10-9-15(3-6-19-10)12(18)13-1-2-14-4-7-20-8-5-14/h10H,1-9H2,(H,13,18)(H,16,17). The number of morpholine rings is 1. The molecule has 2 amide bonds. The van der Waals surface area contributed by atoms with E-state index in [2.05, 4.69) is 10.2 Å². The molecule has 2 heterocycles. The lowest BCUT2D eigenvalue weighted by Gasteiger charge is -2.31. The van der Waals surface area contributed by atoms with Crippen molar-refractivity contribution in [2.45, 2.75) is 6.10 Å². The van der Waals surface area contributed by atoms with Gasteiger partial charge in [-0.1, -0.05) is 0 Å². The van der Waals surface area contributed by atoms with Crippen LogP contribution in [-0.4, -0.2) is 90.4 Å². The number of ether oxygens (including phenoxy) is 1. The second-order valence-electron chi connectivity index (χ2n) is 4.83. The fourth-order valence-corrected chi connectivity index (χ4v) is 3.22. The Hall–Kier alpha value is -0.990. The first-order valence-corrected chi connectivity index (χ1v) is 7.99. The van der Waals surface area contributed by atoms with E-state index in [0.717, 1.165) is 31.1 Å². The molecule has 2 fully saturated rings. The third-order valence-electron chi connectivity index (χ3n) is 3.44. The van der Waals surface area contributed by atoms with Gasteiger partial charge in [-0.3, -0.25) is 4.90 Å². The Morgan fingerprint density at radius 3 is 2.75 bits per heavy atom. The second-order valence-corrected chi connectivity index (χ2v) is 6.05. The molecule has 0 bridgehead atoms. The molecule has 0 radical (unpaired) electrons. The lowest BCUT2D eigenvalue weighted by atomic mass is 10.3. The summed E-state index contributed by atoms with van der Waals surface area (Å²) in [7, 11) is 0. The zero-order valence-corrected chi connectivity index (χ0v) is 12.2. The molecule has 1 unspecified atom stereocenters. The number of carbonyl (C=O) groups excluding carboxylic acids is 1. The van der Waals surface area contributed by atoms with E-state index in [-0.39, 0.29) is 19.2 Å². The monoisotopic (exact) mass is 303 g/mol. The van der Waals surface area contributed by atoms with E-state index in [0.29, 0.717) is 13.1 Å². The third-order valence-corrected chi connectivity index (χ3v) is 4.38. The SMILES string of the molecule is O=C(O)C1CN(C(=O)NCCN2CCSCC2)CCO1. The van der Waals surface area contributed by atoms with Gasteiger partial charge in [0.05, 0.1) is 13.2 Å². The summed E-state index contributed by atoms with van der Waals surface area (Å²) in [6, 6.07) is -0.203. The van der Waals surface area contributed by atoms with Gasteiger partial charge in [0.2, 0.25) is 0 Å². The lowest BCUT2D eigenvalue weighted by molar-refractivity contribution is -0.154. The van der Waals surface area contributed by atoms with Crippen LogP contribution in [0.15, 0.2) is 0 Å². The van der Waals surface area contributed by atoms with Crippen LogP contribution in [0.2, 0.25) is 0 Å². The summed E-state index contributed by atoms with van der Waals surface area (Å²) in [6.07, 6.45) is -0.909. The van der Waals surface area contributed by atoms with E-state index >= 15 is 0 Å². The van der Waals surface area contributed by atoms with Gasteiger partial charge >= 0.3 is 12.0 Å². The Morgan fingerprint density at radius 2 is 2.05 bits per heavy atom. The highest BCUT2D eigenvalue weighted by Crippen LogP contribution is 2.08. The van der Waals surface area contributed by atoms with Crippen molar-refractivity contribution in [3.8, 4) is 0 Å². The number of aliphatic carboxylic acids is 1. The van der Waals surface area contributed by atoms with Crippen LogP contribution in [0.3, 0.4) is 0 Å². The highest BCUT2D eigenvalue weighted by atomic mass is 32.2. The van der Waals surface area contributed by atoms with Crippen molar-refractivity contribution in [2.75, 3.05) is 57.4 Å². The normalized spacial score (nSPS) is 24.4. The summed E-state index contributed by atoms with van der Waals surface area (Å²) in [5.41, 5.74) is 0. The summed E-state index contributed by atoms with van der Waals surface area (Å²) in [4.78, 5) is 26.6. The van der Waals surface area contributed by atoms with E-state index in [9.17, 15) is 9.59 Å². The first-order valence-electron chi connectivity index (χ1n) is 6.84. The molecule has 114 valence electrons. The zero-order valence-electron chi connectivity index (χ0n) is 11.4. The number of thioether (sulfide) groups is 1. The molecule has 2 aliphatic heterocycles. The van der Waals surface area contributed by atoms with Gasteiger partial charge in [0, 0.05) is 44.2 Å². The topological polar surface area (TPSA) is 82.1 Å². The number of carbonyl (C=O) groups is 2. The molecule has 0 spiro atoms. The largest absolute Gasteiger partial charge is 0.479 e. The van der Waals surface area contributed by atoms with E-state index in [4.69, 9.17) is 9.84 Å². The maximum absolute atomic E-state index is 12.0. The van der Waals surface area contributed by atoms with Gasteiger partial charge < -0.3 is 20.1 Å². The maximum atomic E-state index is 12.0. The molecule has 7 nitrogen and oxygen atoms in total. The second kappa shape index (κ2) is 7.70. The van der Waals surface area contributed by atoms with Gasteiger partial charge in [0.15, 0.2) is 6.10 Å². The van der Waals surface area contributed by atoms with Crippen molar-refractivity contribution in [3.63, 3.8) is 0 Å². The van der Waals surface area contributed by atoms with E-state index in [1.54, 1.807) is 0 Å². The van der Waals surface area contributed by atoms with Crippen molar-refractivity contribution in [1.82, 2.24) is 15.1 Å². The molecule has 0 aromatic rings. The van der Waals surface area contributed by atoms with Crippen LogP contribution in [-0.2, 0) is 9.53 Å². The van der Waals surface area contributed by atoms with Crippen LogP contribution in [0, 0.1) is 0 Å². The number of nitrogens with one attached hydrogen (secondary N) is 1. The van der Waals surface area contributed by atoms with Crippen LogP contribution in [0.5, 0.6) is 0 Å². The Morgan fingerprint density at radius 1 is 1.30 bits per heavy atom. The third kappa shape index (κ3) is 4.53. The quantitative estimate of drug-likeness (QED) is 0.731. The Balaban J connectivity index is 1.67. The van der Waals surface area contributed by atoms with Crippen LogP contribution in [0.4, 0.5) is 4.79 Å². The molecule has 2 aliphatic rings. The van der Waals surface area contributed by atoms with Crippen molar-refractivity contribution >= 4 is 23.8 Å². The van der Waals surface area contributed by atoms with Crippen LogP contribution >= 0.6 is 11.8 Å². The van der Waals surface area contributed by atoms with Crippen molar-refractivity contribution in [2.24, 2.45) is 0 Å². The molecule has 20 heavy (non-hydrogen) atoms. The predicted molar refractivity (Wildman–Crippen MR) is 76.1 cm³/mol. The lowest BCUT2D eigenvalue weighted by Crippen LogP contribution is -2.52. The molecule has 2 N–H and O–H groups in total. The molecule has 2 rings (SSSR count). The fourth-order valence-electron chi connectivity index (χ4n) is 2.24. The number of carboxylic acid groups (broad SMARTS) is 1. The molecule has 0 aromatic heterocycles.